The molecule has 0 unspecified atom stereocenters. The Labute approximate surface area is 126 Å². The van der Waals surface area contributed by atoms with Crippen molar-refractivity contribution in [1.82, 2.24) is 15.2 Å². The third-order valence-electron chi connectivity index (χ3n) is 3.16. The Morgan fingerprint density at radius 1 is 1.18 bits per heavy atom. The van der Waals surface area contributed by atoms with Crippen molar-refractivity contribution in [3.05, 3.63) is 66.0 Å². The first-order valence-corrected chi connectivity index (χ1v) is 6.64. The third kappa shape index (κ3) is 2.95. The highest BCUT2D eigenvalue weighted by Crippen LogP contribution is 2.18. The number of carboxylic acid groups (broad SMARTS) is 1. The number of hydrogen-bond donors (Lipinski definition) is 2. The summed E-state index contributed by atoms with van der Waals surface area (Å²) in [5.74, 6) is -0.393. The maximum atomic E-state index is 11.1. The summed E-state index contributed by atoms with van der Waals surface area (Å²) in [6, 6.07) is 12.2. The first-order chi connectivity index (χ1) is 10.7. The van der Waals surface area contributed by atoms with Crippen molar-refractivity contribution in [3.8, 4) is 17.1 Å². The van der Waals surface area contributed by atoms with Crippen molar-refractivity contribution >= 4 is 5.97 Å². The van der Waals surface area contributed by atoms with Gasteiger partial charge in [0.05, 0.1) is 23.1 Å². The van der Waals surface area contributed by atoms with E-state index in [1.807, 2.05) is 12.1 Å². The third-order valence-corrected chi connectivity index (χ3v) is 3.16. The summed E-state index contributed by atoms with van der Waals surface area (Å²) in [6.07, 6.45) is 3.25. The standard InChI is InChI=1S/C16H13N3O3/c20-16(21)13-4-2-1-3-11(13)10-22-12-5-6-14(17-9-12)15-7-8-18-19-15/h1-9H,10H2,(H,18,19)(H,20,21). The highest BCUT2D eigenvalue weighted by Gasteiger charge is 2.09. The molecule has 2 heterocycles. The van der Waals surface area contributed by atoms with Gasteiger partial charge in [0, 0.05) is 11.8 Å². The van der Waals surface area contributed by atoms with Crippen molar-refractivity contribution in [3.63, 3.8) is 0 Å². The lowest BCUT2D eigenvalue weighted by atomic mass is 10.1. The smallest absolute Gasteiger partial charge is 0.336 e. The minimum Gasteiger partial charge on any atom is -0.487 e. The molecule has 0 bridgehead atoms. The molecular weight excluding hydrogens is 282 g/mol. The van der Waals surface area contributed by atoms with Gasteiger partial charge in [-0.1, -0.05) is 18.2 Å². The van der Waals surface area contributed by atoms with Crippen LogP contribution in [0.5, 0.6) is 5.75 Å². The maximum absolute atomic E-state index is 11.1. The molecule has 0 amide bonds. The molecule has 0 atom stereocenters. The second-order valence-corrected chi connectivity index (χ2v) is 4.60. The van der Waals surface area contributed by atoms with Gasteiger partial charge in [-0.3, -0.25) is 10.1 Å². The van der Waals surface area contributed by atoms with Crippen molar-refractivity contribution in [2.75, 3.05) is 0 Å². The monoisotopic (exact) mass is 295 g/mol. The second kappa shape index (κ2) is 6.09. The van der Waals surface area contributed by atoms with Gasteiger partial charge >= 0.3 is 5.97 Å². The number of aromatic carboxylic acids is 1. The van der Waals surface area contributed by atoms with Crippen LogP contribution in [0.25, 0.3) is 11.4 Å². The molecule has 0 radical (unpaired) electrons. The molecule has 3 aromatic rings. The molecule has 0 aliphatic rings. The quantitative estimate of drug-likeness (QED) is 0.755. The van der Waals surface area contributed by atoms with E-state index < -0.39 is 5.97 Å². The fraction of sp³-hybridized carbons (Fsp3) is 0.0625. The van der Waals surface area contributed by atoms with E-state index in [1.165, 1.54) is 0 Å². The lowest BCUT2D eigenvalue weighted by Crippen LogP contribution is -2.05. The Bertz CT molecular complexity index is 768. The van der Waals surface area contributed by atoms with Gasteiger partial charge in [-0.15, -0.1) is 0 Å². The SMILES string of the molecule is O=C(O)c1ccccc1COc1ccc(-c2ccn[nH]2)nc1. The minimum atomic E-state index is -0.966. The Kier molecular flexibility index (Phi) is 3.82. The van der Waals surface area contributed by atoms with Gasteiger partial charge in [-0.05, 0) is 24.3 Å². The van der Waals surface area contributed by atoms with Gasteiger partial charge < -0.3 is 9.84 Å². The number of aromatic nitrogens is 3. The highest BCUT2D eigenvalue weighted by molar-refractivity contribution is 5.89. The van der Waals surface area contributed by atoms with Crippen LogP contribution in [0, 0.1) is 0 Å². The van der Waals surface area contributed by atoms with Gasteiger partial charge in [0.1, 0.15) is 12.4 Å². The van der Waals surface area contributed by atoms with Crippen molar-refractivity contribution in [1.29, 1.82) is 0 Å². The van der Waals surface area contributed by atoms with Crippen molar-refractivity contribution in [2.45, 2.75) is 6.61 Å². The molecule has 2 N–H and O–H groups in total. The van der Waals surface area contributed by atoms with Crippen LogP contribution in [0.1, 0.15) is 15.9 Å². The number of hydrogen-bond acceptors (Lipinski definition) is 4. The van der Waals surface area contributed by atoms with E-state index >= 15 is 0 Å². The molecule has 0 saturated heterocycles. The fourth-order valence-electron chi connectivity index (χ4n) is 2.04. The zero-order valence-electron chi connectivity index (χ0n) is 11.6. The van der Waals surface area contributed by atoms with E-state index in [0.717, 1.165) is 11.4 Å². The Balaban J connectivity index is 1.71. The first-order valence-electron chi connectivity index (χ1n) is 6.64. The van der Waals surface area contributed by atoms with E-state index in [-0.39, 0.29) is 12.2 Å². The van der Waals surface area contributed by atoms with E-state index in [9.17, 15) is 4.79 Å². The summed E-state index contributed by atoms with van der Waals surface area (Å²) in [4.78, 5) is 15.4. The summed E-state index contributed by atoms with van der Waals surface area (Å²) in [6.45, 7) is 0.174. The molecule has 0 spiro atoms. The van der Waals surface area contributed by atoms with Gasteiger partial charge in [0.2, 0.25) is 0 Å². The van der Waals surface area contributed by atoms with E-state index in [1.54, 1.807) is 42.7 Å². The zero-order chi connectivity index (χ0) is 15.4. The topological polar surface area (TPSA) is 88.1 Å². The summed E-state index contributed by atoms with van der Waals surface area (Å²) >= 11 is 0. The molecule has 0 fully saturated rings. The fourth-order valence-corrected chi connectivity index (χ4v) is 2.04. The number of rotatable bonds is 5. The number of nitrogens with one attached hydrogen (secondary N) is 1. The molecule has 1 aromatic carbocycles. The van der Waals surface area contributed by atoms with Crippen molar-refractivity contribution in [2.24, 2.45) is 0 Å². The lowest BCUT2D eigenvalue weighted by molar-refractivity contribution is 0.0694. The largest absolute Gasteiger partial charge is 0.487 e. The lowest BCUT2D eigenvalue weighted by Gasteiger charge is -2.08. The maximum Gasteiger partial charge on any atom is 0.336 e. The number of carbonyl (C=O) groups is 1. The predicted molar refractivity (Wildman–Crippen MR) is 79.6 cm³/mol. The van der Waals surface area contributed by atoms with Gasteiger partial charge in [0.25, 0.3) is 0 Å². The van der Waals surface area contributed by atoms with Gasteiger partial charge in [0.15, 0.2) is 0 Å². The molecule has 0 saturated carbocycles. The number of ether oxygens (including phenoxy) is 1. The summed E-state index contributed by atoms with van der Waals surface area (Å²) in [5.41, 5.74) is 2.44. The number of carboxylic acids is 1. The molecule has 0 aliphatic carbocycles. The summed E-state index contributed by atoms with van der Waals surface area (Å²) < 4.78 is 5.60. The number of benzene rings is 1. The van der Waals surface area contributed by atoms with E-state index in [2.05, 4.69) is 15.2 Å². The number of H-pyrrole nitrogens is 1. The van der Waals surface area contributed by atoms with Crippen LogP contribution >= 0.6 is 0 Å². The second-order valence-electron chi connectivity index (χ2n) is 4.60. The average Bonchev–Trinajstić information content (AvgIpc) is 3.08. The minimum absolute atomic E-state index is 0.174. The Morgan fingerprint density at radius 3 is 2.73 bits per heavy atom. The highest BCUT2D eigenvalue weighted by atomic mass is 16.5. The van der Waals surface area contributed by atoms with E-state index in [0.29, 0.717) is 11.3 Å². The molecule has 2 aromatic heterocycles. The van der Waals surface area contributed by atoms with Crippen LogP contribution in [-0.4, -0.2) is 26.3 Å². The van der Waals surface area contributed by atoms with Crippen LogP contribution in [-0.2, 0) is 6.61 Å². The number of nitrogens with zero attached hydrogens (tertiary/aromatic N) is 2. The Hall–Kier alpha value is -3.15. The summed E-state index contributed by atoms with van der Waals surface area (Å²) in [7, 11) is 0. The average molecular weight is 295 g/mol. The number of pyridine rings is 1. The molecule has 6 nitrogen and oxygen atoms in total. The van der Waals surface area contributed by atoms with Crippen LogP contribution < -0.4 is 4.74 Å². The van der Waals surface area contributed by atoms with Gasteiger partial charge in [-0.2, -0.15) is 5.10 Å². The molecule has 6 heteroatoms. The van der Waals surface area contributed by atoms with Crippen LogP contribution in [0.15, 0.2) is 54.9 Å². The molecular formula is C16H13N3O3. The predicted octanol–water partition coefficient (Wildman–Crippen LogP) is 2.75. The first kappa shape index (κ1) is 13.8. The normalized spacial score (nSPS) is 10.4. The molecule has 0 aliphatic heterocycles. The van der Waals surface area contributed by atoms with Gasteiger partial charge in [-0.25, -0.2) is 4.79 Å². The molecule has 22 heavy (non-hydrogen) atoms. The number of aromatic amines is 1. The van der Waals surface area contributed by atoms with Crippen LogP contribution in [0.4, 0.5) is 0 Å². The molecule has 110 valence electrons. The van der Waals surface area contributed by atoms with Crippen LogP contribution in [0.2, 0.25) is 0 Å². The Morgan fingerprint density at radius 2 is 2.05 bits per heavy atom. The summed E-state index contributed by atoms with van der Waals surface area (Å²) in [5, 5.41) is 15.8. The zero-order valence-corrected chi connectivity index (χ0v) is 11.6. The van der Waals surface area contributed by atoms with Crippen molar-refractivity contribution < 1.29 is 14.6 Å². The van der Waals surface area contributed by atoms with E-state index in [4.69, 9.17) is 9.84 Å². The van der Waals surface area contributed by atoms with Crippen LogP contribution in [0.3, 0.4) is 0 Å². The molecule has 3 rings (SSSR count).